The summed E-state index contributed by atoms with van der Waals surface area (Å²) in [5, 5.41) is 0.587. The van der Waals surface area contributed by atoms with Gasteiger partial charge in [-0.3, -0.25) is 4.79 Å². The lowest BCUT2D eigenvalue weighted by molar-refractivity contribution is -0.189. The van der Waals surface area contributed by atoms with Crippen LogP contribution < -0.4 is 9.47 Å². The van der Waals surface area contributed by atoms with Crippen LogP contribution in [0.4, 0.5) is 13.2 Å². The number of hydrogen-bond donors (Lipinski definition) is 0. The summed E-state index contributed by atoms with van der Waals surface area (Å²) in [6, 6.07) is 11.5. The molecule has 4 rings (SSSR count). The Morgan fingerprint density at radius 3 is 2.73 bits per heavy atom. The minimum atomic E-state index is -4.52. The Balaban J connectivity index is 1.51. The first-order valence-electron chi connectivity index (χ1n) is 10.4. The summed E-state index contributed by atoms with van der Waals surface area (Å²) in [6.07, 6.45) is -6.42. The van der Waals surface area contributed by atoms with E-state index >= 15 is 0 Å². The third kappa shape index (κ3) is 4.62. The largest absolute Gasteiger partial charge is 0.493 e. The number of amides is 1. The van der Waals surface area contributed by atoms with Crippen LogP contribution in [0.5, 0.6) is 11.5 Å². The van der Waals surface area contributed by atoms with Crippen LogP contribution in [0.3, 0.4) is 0 Å². The van der Waals surface area contributed by atoms with Crippen LogP contribution in [0.15, 0.2) is 42.5 Å². The number of carbonyl (C=O) groups excluding carboxylic acids is 1. The summed E-state index contributed by atoms with van der Waals surface area (Å²) in [6.45, 7) is 1.70. The number of alkyl halides is 3. The molecule has 0 aromatic heterocycles. The highest BCUT2D eigenvalue weighted by atomic mass is 35.5. The molecule has 2 saturated heterocycles. The minimum Gasteiger partial charge on any atom is -0.493 e. The van der Waals surface area contributed by atoms with Crippen molar-refractivity contribution in [3.05, 3.63) is 58.6 Å². The molecule has 2 aliphatic heterocycles. The molecule has 0 radical (unpaired) electrons. The molecule has 2 heterocycles. The molecule has 1 amide bonds. The van der Waals surface area contributed by atoms with Gasteiger partial charge in [-0.05, 0) is 42.8 Å². The Morgan fingerprint density at radius 1 is 1.24 bits per heavy atom. The number of hydrogen-bond acceptors (Lipinski definition) is 5. The van der Waals surface area contributed by atoms with E-state index in [1.165, 1.54) is 25.3 Å². The molecule has 0 bridgehead atoms. The van der Waals surface area contributed by atoms with Crippen LogP contribution in [0.2, 0.25) is 5.02 Å². The summed E-state index contributed by atoms with van der Waals surface area (Å²) >= 11 is 6.16. The van der Waals surface area contributed by atoms with E-state index in [4.69, 9.17) is 30.5 Å². The van der Waals surface area contributed by atoms with Crippen molar-refractivity contribution in [2.24, 2.45) is 0 Å². The molecule has 0 spiro atoms. The van der Waals surface area contributed by atoms with E-state index < -0.39 is 17.9 Å². The Labute approximate surface area is 194 Å². The van der Waals surface area contributed by atoms with Gasteiger partial charge in [0.05, 0.1) is 13.7 Å². The van der Waals surface area contributed by atoms with E-state index in [2.05, 4.69) is 0 Å². The smallest absolute Gasteiger partial charge is 0.425 e. The van der Waals surface area contributed by atoms with Crippen LogP contribution in [-0.4, -0.2) is 56.2 Å². The number of methoxy groups -OCH3 is 1. The first-order valence-corrected chi connectivity index (χ1v) is 10.7. The van der Waals surface area contributed by atoms with E-state index in [0.29, 0.717) is 18.0 Å². The Morgan fingerprint density at radius 2 is 2.03 bits per heavy atom. The average molecular weight is 486 g/mol. The summed E-state index contributed by atoms with van der Waals surface area (Å²) < 4.78 is 60.5. The first kappa shape index (κ1) is 23.7. The predicted octanol–water partition coefficient (Wildman–Crippen LogP) is 4.79. The van der Waals surface area contributed by atoms with Crippen molar-refractivity contribution in [1.82, 2.24) is 4.90 Å². The van der Waals surface area contributed by atoms with Gasteiger partial charge in [-0.25, -0.2) is 0 Å². The fourth-order valence-electron chi connectivity index (χ4n) is 4.16. The Hall–Kier alpha value is -2.49. The molecule has 0 N–H and O–H groups in total. The summed E-state index contributed by atoms with van der Waals surface area (Å²) in [5.74, 6) is -0.341. The third-order valence-electron chi connectivity index (χ3n) is 6.02. The fourth-order valence-corrected chi connectivity index (χ4v) is 4.35. The van der Waals surface area contributed by atoms with Gasteiger partial charge in [-0.15, -0.1) is 0 Å². The molecule has 6 nitrogen and oxygen atoms in total. The van der Waals surface area contributed by atoms with Crippen molar-refractivity contribution in [1.29, 1.82) is 0 Å². The van der Waals surface area contributed by atoms with Crippen LogP contribution in [0, 0.1) is 0 Å². The third-order valence-corrected chi connectivity index (χ3v) is 6.26. The lowest BCUT2D eigenvalue weighted by Gasteiger charge is -2.42. The maximum Gasteiger partial charge on any atom is 0.425 e. The quantitative estimate of drug-likeness (QED) is 0.609. The van der Waals surface area contributed by atoms with Crippen molar-refractivity contribution in [2.75, 3.05) is 27.0 Å². The van der Waals surface area contributed by atoms with Gasteiger partial charge in [0, 0.05) is 23.6 Å². The molecule has 2 aromatic carbocycles. The second-order valence-corrected chi connectivity index (χ2v) is 8.42. The van der Waals surface area contributed by atoms with E-state index in [1.54, 1.807) is 11.0 Å². The lowest BCUT2D eigenvalue weighted by Crippen LogP contribution is -2.53. The zero-order valence-electron chi connectivity index (χ0n) is 18.0. The zero-order valence-corrected chi connectivity index (χ0v) is 18.8. The number of nitrogens with zero attached hydrogens (tertiary/aromatic N) is 1. The Bertz CT molecular complexity index is 1030. The van der Waals surface area contributed by atoms with Crippen molar-refractivity contribution in [2.45, 2.75) is 37.3 Å². The number of benzene rings is 2. The highest BCUT2D eigenvalue weighted by Gasteiger charge is 2.51. The van der Waals surface area contributed by atoms with Gasteiger partial charge in [-0.1, -0.05) is 23.7 Å². The van der Waals surface area contributed by atoms with E-state index in [0.717, 1.165) is 12.5 Å². The SMILES string of the molecule is COc1cc(C(=O)N2CC[C@]3(c4cccc(Cl)c4)OCOC3C2)ccc1O[C@H](C)C(F)(F)F. The maximum atomic E-state index is 13.2. The molecule has 10 heteroatoms. The number of carbonyl (C=O) groups is 1. The summed E-state index contributed by atoms with van der Waals surface area (Å²) in [4.78, 5) is 14.8. The minimum absolute atomic E-state index is 0.0442. The molecule has 0 aliphatic carbocycles. The number of halogens is 4. The van der Waals surface area contributed by atoms with Gasteiger partial charge in [0.15, 0.2) is 17.6 Å². The van der Waals surface area contributed by atoms with Gasteiger partial charge >= 0.3 is 6.18 Å². The molecule has 3 atom stereocenters. The number of ether oxygens (including phenoxy) is 4. The molecule has 0 saturated carbocycles. The highest BCUT2D eigenvalue weighted by molar-refractivity contribution is 6.30. The number of fused-ring (bicyclic) bond motifs is 1. The lowest BCUT2D eigenvalue weighted by atomic mass is 9.82. The van der Waals surface area contributed by atoms with E-state index in [-0.39, 0.29) is 42.4 Å². The monoisotopic (exact) mass is 485 g/mol. The molecule has 178 valence electrons. The second kappa shape index (κ2) is 9.04. The maximum absolute atomic E-state index is 13.2. The Kier molecular flexibility index (Phi) is 6.48. The summed E-state index contributed by atoms with van der Waals surface area (Å²) in [7, 11) is 1.30. The molecule has 1 unspecified atom stereocenters. The van der Waals surface area contributed by atoms with Crippen molar-refractivity contribution < 1.29 is 36.9 Å². The first-order chi connectivity index (χ1) is 15.6. The number of rotatable bonds is 5. The van der Waals surface area contributed by atoms with E-state index in [9.17, 15) is 18.0 Å². The topological polar surface area (TPSA) is 57.2 Å². The second-order valence-electron chi connectivity index (χ2n) is 7.99. The highest BCUT2D eigenvalue weighted by Crippen LogP contribution is 2.43. The van der Waals surface area contributed by atoms with Crippen LogP contribution >= 0.6 is 11.6 Å². The van der Waals surface area contributed by atoms with E-state index in [1.807, 2.05) is 18.2 Å². The standard InChI is InChI=1S/C23H23ClF3NO5/c1-14(23(25,26)27)33-18-7-6-15(10-19(18)30-2)21(29)28-9-8-22(20(12-28)31-13-32-22)16-4-3-5-17(24)11-16/h3-7,10-11,14,20H,8-9,12-13H2,1-2H3/t14-,20?,22-/m1/s1. The molecular weight excluding hydrogens is 463 g/mol. The summed E-state index contributed by atoms with van der Waals surface area (Å²) in [5.41, 5.74) is 0.477. The predicted molar refractivity (Wildman–Crippen MR) is 114 cm³/mol. The normalized spacial score (nSPS) is 23.7. The average Bonchev–Trinajstić information content (AvgIpc) is 3.22. The van der Waals surface area contributed by atoms with Crippen molar-refractivity contribution in [3.63, 3.8) is 0 Å². The van der Waals surface area contributed by atoms with Crippen molar-refractivity contribution in [3.8, 4) is 11.5 Å². The molecule has 2 aliphatic rings. The van der Waals surface area contributed by atoms with Crippen molar-refractivity contribution >= 4 is 17.5 Å². The van der Waals surface area contributed by atoms with Gasteiger partial charge in [-0.2, -0.15) is 13.2 Å². The molecule has 2 fully saturated rings. The molecule has 33 heavy (non-hydrogen) atoms. The van der Waals surface area contributed by atoms with Gasteiger partial charge in [0.25, 0.3) is 5.91 Å². The fraction of sp³-hybridized carbons (Fsp3) is 0.435. The number of piperidine rings is 1. The number of likely N-dealkylation sites (tertiary alicyclic amines) is 1. The molecule has 2 aromatic rings. The van der Waals surface area contributed by atoms with Gasteiger partial charge in [0.2, 0.25) is 0 Å². The molecular formula is C23H23ClF3NO5. The zero-order chi connectivity index (χ0) is 23.8. The van der Waals surface area contributed by atoms with Gasteiger partial charge < -0.3 is 23.8 Å². The van der Waals surface area contributed by atoms with Gasteiger partial charge in [0.1, 0.15) is 18.5 Å². The van der Waals surface area contributed by atoms with Crippen LogP contribution in [0.25, 0.3) is 0 Å². The van der Waals surface area contributed by atoms with Crippen LogP contribution in [-0.2, 0) is 15.1 Å². The van der Waals surface area contributed by atoms with Crippen LogP contribution in [0.1, 0.15) is 29.3 Å².